The summed E-state index contributed by atoms with van der Waals surface area (Å²) in [6.45, 7) is 11.6. The maximum Gasteiger partial charge on any atom is 0.193 e. The van der Waals surface area contributed by atoms with Gasteiger partial charge in [0.15, 0.2) is 11.6 Å². The molecule has 0 radical (unpaired) electrons. The van der Waals surface area contributed by atoms with Crippen molar-refractivity contribution < 1.29 is 29.3 Å². The van der Waals surface area contributed by atoms with E-state index in [4.69, 9.17) is 9.47 Å². The maximum atomic E-state index is 12.1. The lowest BCUT2D eigenvalue weighted by Gasteiger charge is -2.19. The number of carbonyl (C=O) groups excluding carboxylic acids is 2. The van der Waals surface area contributed by atoms with Gasteiger partial charge in [-0.25, -0.2) is 0 Å². The van der Waals surface area contributed by atoms with E-state index in [-0.39, 0.29) is 17.7 Å². The molecule has 0 spiro atoms. The van der Waals surface area contributed by atoms with Gasteiger partial charge >= 0.3 is 0 Å². The van der Waals surface area contributed by atoms with E-state index >= 15 is 0 Å². The number of Topliss-reactive ketones (excluding diaryl/α,β-unsaturated/α-hetero) is 2. The molecule has 2 aromatic rings. The van der Waals surface area contributed by atoms with Crippen LogP contribution in [-0.2, 0) is 22.7 Å². The molecule has 0 heterocycles. The van der Waals surface area contributed by atoms with Crippen molar-refractivity contribution in [1.82, 2.24) is 0 Å². The second-order valence-electron chi connectivity index (χ2n) is 10.1. The zero-order valence-electron chi connectivity index (χ0n) is 21.1. The van der Waals surface area contributed by atoms with Crippen LogP contribution in [0.5, 0.6) is 0 Å². The van der Waals surface area contributed by atoms with Gasteiger partial charge in [0.2, 0.25) is 0 Å². The van der Waals surface area contributed by atoms with Crippen molar-refractivity contribution in [3.8, 4) is 0 Å². The van der Waals surface area contributed by atoms with Crippen molar-refractivity contribution in [2.75, 3.05) is 6.61 Å². The number of rotatable bonds is 13. The minimum atomic E-state index is -1.38. The fourth-order valence-corrected chi connectivity index (χ4v) is 3.53. The summed E-state index contributed by atoms with van der Waals surface area (Å²) in [4.78, 5) is 24.2. The third-order valence-electron chi connectivity index (χ3n) is 5.48. The summed E-state index contributed by atoms with van der Waals surface area (Å²) in [5.74, 6) is -0.306. The minimum Gasteiger partial charge on any atom is -0.382 e. The Bertz CT molecular complexity index is 933. The third kappa shape index (κ3) is 8.76. The molecule has 2 unspecified atom stereocenters. The summed E-state index contributed by atoms with van der Waals surface area (Å²) in [6.07, 6.45) is 0.886. The number of benzene rings is 2. The molecular formula is C28H38O6. The Morgan fingerprint density at radius 3 is 1.59 bits per heavy atom. The van der Waals surface area contributed by atoms with Gasteiger partial charge in [0.05, 0.1) is 19.3 Å². The lowest BCUT2D eigenvalue weighted by atomic mass is 9.96. The van der Waals surface area contributed by atoms with Crippen LogP contribution in [0.25, 0.3) is 0 Å². The van der Waals surface area contributed by atoms with Crippen molar-refractivity contribution in [3.63, 3.8) is 0 Å². The molecule has 0 aliphatic heterocycles. The van der Waals surface area contributed by atoms with Crippen LogP contribution in [0.3, 0.4) is 0 Å². The molecule has 0 amide bonds. The first-order valence-corrected chi connectivity index (χ1v) is 11.7. The third-order valence-corrected chi connectivity index (χ3v) is 5.48. The van der Waals surface area contributed by atoms with Crippen LogP contribution in [0.4, 0.5) is 0 Å². The van der Waals surface area contributed by atoms with E-state index in [2.05, 4.69) is 6.92 Å². The molecule has 2 atom stereocenters. The summed E-state index contributed by atoms with van der Waals surface area (Å²) in [7, 11) is 0. The molecule has 2 rings (SSSR count). The van der Waals surface area contributed by atoms with Gasteiger partial charge in [0.1, 0.15) is 11.2 Å². The fraction of sp³-hybridized carbons (Fsp3) is 0.500. The van der Waals surface area contributed by atoms with Gasteiger partial charge in [-0.05, 0) is 58.1 Å². The van der Waals surface area contributed by atoms with Crippen LogP contribution in [0.2, 0.25) is 0 Å². The van der Waals surface area contributed by atoms with Crippen molar-refractivity contribution in [2.45, 2.75) is 78.5 Å². The SMILES string of the molecule is CC(COCc1ccc(C(=O)C(C)(C)O)cc1)CC(C)OCc1ccc(C(=O)C(C)(C)O)cc1. The molecule has 6 heteroatoms. The molecule has 0 saturated carbocycles. The number of hydrogen-bond acceptors (Lipinski definition) is 6. The van der Waals surface area contributed by atoms with Crippen molar-refractivity contribution in [1.29, 1.82) is 0 Å². The van der Waals surface area contributed by atoms with Gasteiger partial charge in [0.25, 0.3) is 0 Å². The molecule has 186 valence electrons. The molecule has 6 nitrogen and oxygen atoms in total. The van der Waals surface area contributed by atoms with Gasteiger partial charge in [-0.3, -0.25) is 9.59 Å². The number of ketones is 2. The molecule has 0 aromatic heterocycles. The summed E-state index contributed by atoms with van der Waals surface area (Å²) in [6, 6.07) is 14.2. The van der Waals surface area contributed by atoms with Crippen molar-refractivity contribution in [3.05, 3.63) is 70.8 Å². The van der Waals surface area contributed by atoms with E-state index in [1.165, 1.54) is 27.7 Å². The molecule has 0 bridgehead atoms. The minimum absolute atomic E-state index is 0.0448. The van der Waals surface area contributed by atoms with E-state index in [0.717, 1.165) is 17.5 Å². The Hall–Kier alpha value is -2.38. The summed E-state index contributed by atoms with van der Waals surface area (Å²) in [5, 5.41) is 19.7. The number of aliphatic hydroxyl groups is 2. The predicted octanol–water partition coefficient (Wildman–Crippen LogP) is 4.74. The van der Waals surface area contributed by atoms with Crippen LogP contribution in [0, 0.1) is 5.92 Å². The van der Waals surface area contributed by atoms with E-state index < -0.39 is 11.2 Å². The fourth-order valence-electron chi connectivity index (χ4n) is 3.53. The van der Waals surface area contributed by atoms with Gasteiger partial charge in [0, 0.05) is 17.7 Å². The first kappa shape index (κ1) is 27.9. The average Bonchev–Trinajstić information content (AvgIpc) is 2.76. The predicted molar refractivity (Wildman–Crippen MR) is 132 cm³/mol. The van der Waals surface area contributed by atoms with Crippen LogP contribution in [-0.4, -0.2) is 45.7 Å². The van der Waals surface area contributed by atoms with E-state index in [1.54, 1.807) is 24.3 Å². The molecular weight excluding hydrogens is 432 g/mol. The Labute approximate surface area is 202 Å². The van der Waals surface area contributed by atoms with Crippen molar-refractivity contribution >= 4 is 11.6 Å². The monoisotopic (exact) mass is 470 g/mol. The van der Waals surface area contributed by atoms with Gasteiger partial charge in [-0.2, -0.15) is 0 Å². The van der Waals surface area contributed by atoms with Crippen LogP contribution in [0.15, 0.2) is 48.5 Å². The number of hydrogen-bond donors (Lipinski definition) is 2. The molecule has 0 aliphatic rings. The van der Waals surface area contributed by atoms with E-state index in [1.807, 2.05) is 31.2 Å². The maximum absolute atomic E-state index is 12.1. The van der Waals surface area contributed by atoms with Crippen LogP contribution in [0.1, 0.15) is 79.8 Å². The molecule has 2 aromatic carbocycles. The Kier molecular flexibility index (Phi) is 9.71. The standard InChI is InChI=1S/C28H38O6/c1-19(16-33-17-21-7-11-23(12-8-21)25(29)27(3,4)31)15-20(2)34-18-22-9-13-24(14-10-22)26(30)28(5,6)32/h7-14,19-20,31-32H,15-18H2,1-6H3. The van der Waals surface area contributed by atoms with Gasteiger partial charge in [-0.1, -0.05) is 55.5 Å². The van der Waals surface area contributed by atoms with Crippen LogP contribution < -0.4 is 0 Å². The first-order chi connectivity index (χ1) is 15.8. The Morgan fingerprint density at radius 2 is 1.18 bits per heavy atom. The van der Waals surface area contributed by atoms with E-state index in [9.17, 15) is 19.8 Å². The lowest BCUT2D eigenvalue weighted by molar-refractivity contribution is 0.0193. The topological polar surface area (TPSA) is 93.1 Å². The lowest BCUT2D eigenvalue weighted by Crippen LogP contribution is -2.31. The largest absolute Gasteiger partial charge is 0.382 e. The summed E-state index contributed by atoms with van der Waals surface area (Å²) < 4.78 is 11.8. The highest BCUT2D eigenvalue weighted by Crippen LogP contribution is 2.17. The molecule has 34 heavy (non-hydrogen) atoms. The van der Waals surface area contributed by atoms with Crippen LogP contribution >= 0.6 is 0 Å². The second kappa shape index (κ2) is 11.8. The smallest absolute Gasteiger partial charge is 0.193 e. The first-order valence-electron chi connectivity index (χ1n) is 11.7. The normalized spacial score (nSPS) is 14.0. The highest BCUT2D eigenvalue weighted by Gasteiger charge is 2.25. The molecule has 0 saturated heterocycles. The average molecular weight is 471 g/mol. The zero-order valence-corrected chi connectivity index (χ0v) is 21.1. The van der Waals surface area contributed by atoms with Gasteiger partial charge in [-0.15, -0.1) is 0 Å². The van der Waals surface area contributed by atoms with Gasteiger partial charge < -0.3 is 19.7 Å². The molecule has 2 N–H and O–H groups in total. The quantitative estimate of drug-likeness (QED) is 0.411. The highest BCUT2D eigenvalue weighted by atomic mass is 16.5. The molecule has 0 fully saturated rings. The van der Waals surface area contributed by atoms with E-state index in [0.29, 0.717) is 36.9 Å². The van der Waals surface area contributed by atoms with Crippen molar-refractivity contribution in [2.24, 2.45) is 5.92 Å². The highest BCUT2D eigenvalue weighted by molar-refractivity contribution is 6.02. The zero-order chi connectivity index (χ0) is 25.5. The molecule has 0 aliphatic carbocycles. The summed E-state index contributed by atoms with van der Waals surface area (Å²) >= 11 is 0. The Morgan fingerprint density at radius 1 is 0.765 bits per heavy atom. The second-order valence-corrected chi connectivity index (χ2v) is 10.1. The number of ether oxygens (including phenoxy) is 2. The number of carbonyl (C=O) groups is 2. The Balaban J connectivity index is 1.71. The summed E-state index contributed by atoms with van der Waals surface area (Å²) in [5.41, 5.74) is 0.128.